The van der Waals surface area contributed by atoms with Crippen LogP contribution in [0.5, 0.6) is 0 Å². The van der Waals surface area contributed by atoms with Crippen LogP contribution >= 0.6 is 15.9 Å². The molecular formula is C16H12BrF2N3O. The molecule has 0 spiro atoms. The molecule has 2 aromatic heterocycles. The molecule has 0 aliphatic carbocycles. The second kappa shape index (κ2) is 5.73. The molecule has 0 bridgehead atoms. The molecule has 0 aliphatic rings. The van der Waals surface area contributed by atoms with Crippen LogP contribution in [0.15, 0.2) is 45.9 Å². The summed E-state index contributed by atoms with van der Waals surface area (Å²) in [5.74, 6) is -0.886. The van der Waals surface area contributed by atoms with Crippen molar-refractivity contribution in [3.63, 3.8) is 0 Å². The highest BCUT2D eigenvalue weighted by Crippen LogP contribution is 2.30. The summed E-state index contributed by atoms with van der Waals surface area (Å²) in [5.41, 5.74) is -0.154. The van der Waals surface area contributed by atoms with Gasteiger partial charge in [0.2, 0.25) is 0 Å². The number of nitrogens with zero attached hydrogens (tertiary/aromatic N) is 3. The maximum Gasteiger partial charge on any atom is 0.199 e. The molecule has 4 nitrogen and oxygen atoms in total. The van der Waals surface area contributed by atoms with Gasteiger partial charge in [-0.25, -0.2) is 8.78 Å². The number of pyridine rings is 1. The van der Waals surface area contributed by atoms with Crippen molar-refractivity contribution in [3.8, 4) is 17.1 Å². The van der Waals surface area contributed by atoms with Crippen molar-refractivity contribution >= 4 is 15.9 Å². The first-order chi connectivity index (χ1) is 10.9. The van der Waals surface area contributed by atoms with Crippen molar-refractivity contribution in [3.05, 3.63) is 68.6 Å². The van der Waals surface area contributed by atoms with Gasteiger partial charge in [0.1, 0.15) is 17.5 Å². The summed E-state index contributed by atoms with van der Waals surface area (Å²) in [6.07, 6.45) is 3.06. The van der Waals surface area contributed by atoms with Crippen LogP contribution in [0.2, 0.25) is 0 Å². The van der Waals surface area contributed by atoms with Crippen LogP contribution in [-0.4, -0.2) is 14.3 Å². The maximum absolute atomic E-state index is 14.3. The molecule has 0 aliphatic heterocycles. The van der Waals surface area contributed by atoms with E-state index in [1.54, 1.807) is 35.5 Å². The molecule has 0 saturated carbocycles. The van der Waals surface area contributed by atoms with Crippen LogP contribution in [-0.2, 0) is 7.05 Å². The molecule has 0 saturated heterocycles. The fourth-order valence-corrected chi connectivity index (χ4v) is 3.02. The minimum absolute atomic E-state index is 0.164. The van der Waals surface area contributed by atoms with Gasteiger partial charge in [0.15, 0.2) is 5.43 Å². The lowest BCUT2D eigenvalue weighted by molar-refractivity contribution is 0.586. The zero-order valence-corrected chi connectivity index (χ0v) is 13.9. The van der Waals surface area contributed by atoms with Gasteiger partial charge in [0, 0.05) is 24.9 Å². The van der Waals surface area contributed by atoms with E-state index < -0.39 is 11.6 Å². The predicted octanol–water partition coefficient (Wildman–Crippen LogP) is 3.59. The summed E-state index contributed by atoms with van der Waals surface area (Å²) in [5, 5.41) is 4.07. The smallest absolute Gasteiger partial charge is 0.199 e. The van der Waals surface area contributed by atoms with Gasteiger partial charge in [-0.1, -0.05) is 6.07 Å². The summed E-state index contributed by atoms with van der Waals surface area (Å²) in [4.78, 5) is 12.3. The Morgan fingerprint density at radius 1 is 1.17 bits per heavy atom. The Morgan fingerprint density at radius 3 is 2.39 bits per heavy atom. The van der Waals surface area contributed by atoms with Crippen LogP contribution in [0, 0.1) is 18.6 Å². The average molecular weight is 380 g/mol. The molecule has 0 amide bonds. The molecule has 0 fully saturated rings. The molecule has 0 N–H and O–H groups in total. The van der Waals surface area contributed by atoms with Gasteiger partial charge in [-0.2, -0.15) is 5.10 Å². The third-order valence-electron chi connectivity index (χ3n) is 3.64. The van der Waals surface area contributed by atoms with Crippen LogP contribution in [0.25, 0.3) is 17.1 Å². The van der Waals surface area contributed by atoms with Crippen molar-refractivity contribution in [2.75, 3.05) is 0 Å². The highest BCUT2D eigenvalue weighted by molar-refractivity contribution is 9.10. The number of hydrogen-bond acceptors (Lipinski definition) is 2. The van der Waals surface area contributed by atoms with E-state index in [2.05, 4.69) is 21.0 Å². The van der Waals surface area contributed by atoms with Crippen molar-refractivity contribution in [1.82, 2.24) is 14.3 Å². The quantitative estimate of drug-likeness (QED) is 0.682. The van der Waals surface area contributed by atoms with E-state index in [1.807, 2.05) is 0 Å². The van der Waals surface area contributed by atoms with Crippen LogP contribution < -0.4 is 5.43 Å². The van der Waals surface area contributed by atoms with Gasteiger partial charge in [0.05, 0.1) is 21.9 Å². The van der Waals surface area contributed by atoms with Crippen LogP contribution in [0.4, 0.5) is 8.78 Å². The Labute approximate surface area is 139 Å². The lowest BCUT2D eigenvalue weighted by Crippen LogP contribution is -2.17. The molecule has 118 valence electrons. The Kier molecular flexibility index (Phi) is 3.89. The van der Waals surface area contributed by atoms with Gasteiger partial charge in [0.25, 0.3) is 0 Å². The van der Waals surface area contributed by atoms with Gasteiger partial charge in [-0.3, -0.25) is 14.0 Å². The molecule has 0 radical (unpaired) electrons. The van der Waals surface area contributed by atoms with E-state index in [-0.39, 0.29) is 22.2 Å². The van der Waals surface area contributed by atoms with Crippen molar-refractivity contribution in [1.29, 1.82) is 0 Å². The second-order valence-corrected chi connectivity index (χ2v) is 5.91. The fraction of sp³-hybridized carbons (Fsp3) is 0.125. The molecular weight excluding hydrogens is 368 g/mol. The molecule has 23 heavy (non-hydrogen) atoms. The number of hydrogen-bond donors (Lipinski definition) is 0. The first-order valence-electron chi connectivity index (χ1n) is 6.76. The predicted molar refractivity (Wildman–Crippen MR) is 86.6 cm³/mol. The van der Waals surface area contributed by atoms with E-state index in [4.69, 9.17) is 0 Å². The topological polar surface area (TPSA) is 39.8 Å². The monoisotopic (exact) mass is 379 g/mol. The van der Waals surface area contributed by atoms with E-state index in [0.29, 0.717) is 10.3 Å². The molecule has 3 aromatic rings. The summed E-state index contributed by atoms with van der Waals surface area (Å²) < 4.78 is 32.0. The van der Waals surface area contributed by atoms with E-state index in [0.717, 1.165) is 12.1 Å². The van der Waals surface area contributed by atoms with Crippen LogP contribution in [0.3, 0.4) is 0 Å². The highest BCUT2D eigenvalue weighted by atomic mass is 79.9. The second-order valence-electron chi connectivity index (χ2n) is 5.06. The fourth-order valence-electron chi connectivity index (χ4n) is 2.52. The molecule has 0 unspecified atom stereocenters. The Morgan fingerprint density at radius 2 is 1.83 bits per heavy atom. The maximum atomic E-state index is 14.3. The molecule has 0 atom stereocenters. The van der Waals surface area contributed by atoms with Gasteiger partial charge in [-0.15, -0.1) is 0 Å². The molecule has 2 heterocycles. The van der Waals surface area contributed by atoms with E-state index >= 15 is 0 Å². The number of aromatic nitrogens is 3. The Balaban J connectivity index is 2.47. The van der Waals surface area contributed by atoms with Crippen molar-refractivity contribution < 1.29 is 8.78 Å². The van der Waals surface area contributed by atoms with E-state index in [1.165, 1.54) is 12.3 Å². The normalized spacial score (nSPS) is 11.0. The SMILES string of the molecule is Cc1c(-c2c(F)cccc2F)n(-c2ccnn2C)cc(Br)c1=O. The number of benzene rings is 1. The minimum Gasteiger partial charge on any atom is -0.300 e. The summed E-state index contributed by atoms with van der Waals surface area (Å²) in [7, 11) is 1.71. The molecule has 7 heteroatoms. The lowest BCUT2D eigenvalue weighted by atomic mass is 10.0. The summed E-state index contributed by atoms with van der Waals surface area (Å²) in [6, 6.07) is 5.31. The third kappa shape index (κ3) is 2.50. The minimum atomic E-state index is -0.731. The zero-order valence-electron chi connectivity index (χ0n) is 12.3. The summed E-state index contributed by atoms with van der Waals surface area (Å²) >= 11 is 3.20. The first-order valence-corrected chi connectivity index (χ1v) is 7.55. The third-order valence-corrected chi connectivity index (χ3v) is 4.20. The zero-order chi connectivity index (χ0) is 16.7. The molecule has 1 aromatic carbocycles. The largest absolute Gasteiger partial charge is 0.300 e. The van der Waals surface area contributed by atoms with Crippen LogP contribution in [0.1, 0.15) is 5.56 Å². The summed E-state index contributed by atoms with van der Waals surface area (Å²) in [6.45, 7) is 1.54. The van der Waals surface area contributed by atoms with Gasteiger partial charge < -0.3 is 0 Å². The number of aryl methyl sites for hydroxylation is 1. The average Bonchev–Trinajstić information content (AvgIpc) is 2.92. The van der Waals surface area contributed by atoms with Gasteiger partial charge >= 0.3 is 0 Å². The standard InChI is InChI=1S/C16H12BrF2N3O/c1-9-15(14-11(18)4-3-5-12(14)19)22(8-10(17)16(9)23)13-6-7-20-21(13)2/h3-8H,1-2H3. The number of rotatable bonds is 2. The first kappa shape index (κ1) is 15.6. The number of halogens is 3. The van der Waals surface area contributed by atoms with E-state index in [9.17, 15) is 13.6 Å². The highest BCUT2D eigenvalue weighted by Gasteiger charge is 2.21. The Hall–Kier alpha value is -2.28. The molecule has 3 rings (SSSR count). The van der Waals surface area contributed by atoms with Gasteiger partial charge in [-0.05, 0) is 35.0 Å². The Bertz CT molecular complexity index is 942. The van der Waals surface area contributed by atoms with Crippen molar-refractivity contribution in [2.45, 2.75) is 6.92 Å². The lowest BCUT2D eigenvalue weighted by Gasteiger charge is -2.18. The van der Waals surface area contributed by atoms with Crippen molar-refractivity contribution in [2.24, 2.45) is 7.05 Å².